The smallest absolute Gasteiger partial charge is 0.253 e. The molecule has 0 atom stereocenters. The molecule has 0 aliphatic carbocycles. The molecule has 0 spiro atoms. The molecule has 0 unspecified atom stereocenters. The van der Waals surface area contributed by atoms with Crippen molar-refractivity contribution in [2.24, 2.45) is 0 Å². The standard InChI is InChI=1S/C10H7Cl5O3S/c1-19(17,18)8-6(4-11)5(2-3-7(8)12)9(16)10(13,14)15/h2-3H,4H2,1H3. The number of ketones is 1. The van der Waals surface area contributed by atoms with Gasteiger partial charge in [-0.3, -0.25) is 4.79 Å². The molecule has 106 valence electrons. The molecule has 0 aliphatic rings. The van der Waals surface area contributed by atoms with Crippen molar-refractivity contribution < 1.29 is 13.2 Å². The van der Waals surface area contributed by atoms with E-state index >= 15 is 0 Å². The molecular weight excluding hydrogens is 377 g/mol. The van der Waals surface area contributed by atoms with Gasteiger partial charge in [-0.1, -0.05) is 46.4 Å². The number of alkyl halides is 4. The summed E-state index contributed by atoms with van der Waals surface area (Å²) in [6, 6.07) is 2.52. The van der Waals surface area contributed by atoms with Crippen LogP contribution in [0.2, 0.25) is 5.02 Å². The van der Waals surface area contributed by atoms with Gasteiger partial charge in [0, 0.05) is 17.7 Å². The zero-order valence-corrected chi connectivity index (χ0v) is 14.0. The number of Topliss-reactive ketones (excluding diaryl/α,β-unsaturated/α-hetero) is 1. The predicted molar refractivity (Wildman–Crippen MR) is 78.7 cm³/mol. The van der Waals surface area contributed by atoms with E-state index in [9.17, 15) is 13.2 Å². The monoisotopic (exact) mass is 382 g/mol. The van der Waals surface area contributed by atoms with Crippen molar-refractivity contribution in [3.8, 4) is 0 Å². The summed E-state index contributed by atoms with van der Waals surface area (Å²) in [7, 11) is -3.68. The maximum Gasteiger partial charge on any atom is 0.253 e. The van der Waals surface area contributed by atoms with Gasteiger partial charge in [0.05, 0.1) is 9.92 Å². The van der Waals surface area contributed by atoms with Gasteiger partial charge in [0.2, 0.25) is 5.78 Å². The van der Waals surface area contributed by atoms with Gasteiger partial charge in [0.1, 0.15) is 0 Å². The molecular formula is C10H7Cl5O3S. The summed E-state index contributed by atoms with van der Waals surface area (Å²) < 4.78 is 21.2. The van der Waals surface area contributed by atoms with Crippen molar-refractivity contribution in [3.63, 3.8) is 0 Å². The molecule has 1 aromatic rings. The van der Waals surface area contributed by atoms with Crippen LogP contribution < -0.4 is 0 Å². The van der Waals surface area contributed by atoms with E-state index in [1.807, 2.05) is 0 Å². The summed E-state index contributed by atoms with van der Waals surface area (Å²) in [5.41, 5.74) is -0.0622. The molecule has 1 aromatic carbocycles. The van der Waals surface area contributed by atoms with Crippen LogP contribution in [0.15, 0.2) is 17.0 Å². The average molecular weight is 384 g/mol. The molecule has 3 nitrogen and oxygen atoms in total. The Morgan fingerprint density at radius 2 is 1.79 bits per heavy atom. The van der Waals surface area contributed by atoms with Crippen LogP contribution in [0.3, 0.4) is 0 Å². The molecule has 0 heterocycles. The first-order valence-corrected chi connectivity index (χ1v) is 8.63. The summed E-state index contributed by atoms with van der Waals surface area (Å²) in [6.07, 6.45) is 0.952. The highest BCUT2D eigenvalue weighted by Gasteiger charge is 2.35. The fraction of sp³-hybridized carbons (Fsp3) is 0.300. The molecule has 0 radical (unpaired) electrons. The number of sulfone groups is 1. The van der Waals surface area contributed by atoms with Gasteiger partial charge in [0.25, 0.3) is 3.79 Å². The number of carbonyl (C=O) groups excluding carboxylic acids is 1. The van der Waals surface area contributed by atoms with Crippen molar-refractivity contribution in [1.82, 2.24) is 0 Å². The van der Waals surface area contributed by atoms with E-state index in [1.165, 1.54) is 12.1 Å². The third-order valence-corrected chi connectivity index (χ3v) is 4.64. The van der Waals surface area contributed by atoms with Crippen LogP contribution >= 0.6 is 58.0 Å². The van der Waals surface area contributed by atoms with E-state index < -0.39 is 19.4 Å². The molecule has 1 rings (SSSR count). The number of hydrogen-bond donors (Lipinski definition) is 0. The van der Waals surface area contributed by atoms with Gasteiger partial charge < -0.3 is 0 Å². The Morgan fingerprint density at radius 1 is 1.26 bits per heavy atom. The molecule has 0 N–H and O–H groups in total. The minimum Gasteiger partial charge on any atom is -0.289 e. The number of halogens is 5. The second-order valence-corrected chi connectivity index (χ2v) is 8.54. The Morgan fingerprint density at radius 3 is 2.16 bits per heavy atom. The van der Waals surface area contributed by atoms with Crippen LogP contribution in [0.5, 0.6) is 0 Å². The maximum atomic E-state index is 11.9. The number of rotatable bonds is 3. The number of benzene rings is 1. The average Bonchev–Trinajstić information content (AvgIpc) is 2.24. The van der Waals surface area contributed by atoms with E-state index in [0.29, 0.717) is 0 Å². The lowest BCUT2D eigenvalue weighted by atomic mass is 10.1. The fourth-order valence-electron chi connectivity index (χ4n) is 1.50. The third kappa shape index (κ3) is 3.90. The summed E-state index contributed by atoms with van der Waals surface area (Å²) in [4.78, 5) is 11.7. The van der Waals surface area contributed by atoms with Crippen LogP contribution in [0, 0.1) is 0 Å². The van der Waals surface area contributed by atoms with E-state index in [4.69, 9.17) is 58.0 Å². The zero-order valence-electron chi connectivity index (χ0n) is 9.38. The van der Waals surface area contributed by atoms with E-state index in [0.717, 1.165) is 6.26 Å². The maximum absolute atomic E-state index is 11.9. The summed E-state index contributed by atoms with van der Waals surface area (Å²) in [5.74, 6) is -1.13. The molecule has 0 saturated heterocycles. The Kier molecular flexibility index (Phi) is 5.44. The van der Waals surface area contributed by atoms with Gasteiger partial charge in [0.15, 0.2) is 9.84 Å². The SMILES string of the molecule is CS(=O)(=O)c1c(Cl)ccc(C(=O)C(Cl)(Cl)Cl)c1CCl. The van der Waals surface area contributed by atoms with Crippen molar-refractivity contribution in [2.75, 3.05) is 6.26 Å². The van der Waals surface area contributed by atoms with Crippen LogP contribution in [0.4, 0.5) is 0 Å². The Hall–Kier alpha value is 0.290. The first-order valence-electron chi connectivity index (χ1n) is 4.69. The third-order valence-electron chi connectivity index (χ3n) is 2.22. The molecule has 19 heavy (non-hydrogen) atoms. The van der Waals surface area contributed by atoms with Crippen molar-refractivity contribution >= 4 is 73.6 Å². The Bertz CT molecular complexity index is 619. The first-order chi connectivity index (χ1) is 8.50. The fourth-order valence-corrected chi connectivity index (χ4v) is 3.81. The van der Waals surface area contributed by atoms with Gasteiger partial charge >= 0.3 is 0 Å². The lowest BCUT2D eigenvalue weighted by molar-refractivity contribution is 0.0995. The van der Waals surface area contributed by atoms with E-state index in [-0.39, 0.29) is 26.9 Å². The van der Waals surface area contributed by atoms with Crippen LogP contribution in [0.1, 0.15) is 15.9 Å². The quantitative estimate of drug-likeness (QED) is 0.584. The highest BCUT2D eigenvalue weighted by atomic mass is 35.6. The lowest BCUT2D eigenvalue weighted by Crippen LogP contribution is -2.21. The van der Waals surface area contributed by atoms with Gasteiger partial charge in [-0.05, 0) is 17.7 Å². The number of carbonyl (C=O) groups is 1. The summed E-state index contributed by atoms with van der Waals surface area (Å²) in [6.45, 7) is 0. The van der Waals surface area contributed by atoms with Crippen molar-refractivity contribution in [2.45, 2.75) is 14.6 Å². The first kappa shape index (κ1) is 17.3. The predicted octanol–water partition coefficient (Wildman–Crippen LogP) is 4.04. The highest BCUT2D eigenvalue weighted by Crippen LogP contribution is 2.36. The normalized spacial score (nSPS) is 12.5. The zero-order chi connectivity index (χ0) is 15.0. The summed E-state index contributed by atoms with van der Waals surface area (Å²) in [5, 5.41) is -0.0426. The molecule has 9 heteroatoms. The minimum absolute atomic E-state index is 0.0213. The summed E-state index contributed by atoms with van der Waals surface area (Å²) >= 11 is 28.1. The lowest BCUT2D eigenvalue weighted by Gasteiger charge is -2.15. The number of hydrogen-bond acceptors (Lipinski definition) is 3. The minimum atomic E-state index is -3.68. The molecule has 0 bridgehead atoms. The van der Waals surface area contributed by atoms with Crippen molar-refractivity contribution in [1.29, 1.82) is 0 Å². The van der Waals surface area contributed by atoms with Gasteiger partial charge in [-0.2, -0.15) is 0 Å². The second kappa shape index (κ2) is 5.96. The van der Waals surface area contributed by atoms with Crippen LogP contribution in [-0.4, -0.2) is 24.2 Å². The Labute approximate surface area is 135 Å². The van der Waals surface area contributed by atoms with Crippen LogP contribution in [-0.2, 0) is 15.7 Å². The van der Waals surface area contributed by atoms with E-state index in [2.05, 4.69) is 0 Å². The van der Waals surface area contributed by atoms with E-state index in [1.54, 1.807) is 0 Å². The van der Waals surface area contributed by atoms with Gasteiger partial charge in [-0.15, -0.1) is 11.6 Å². The largest absolute Gasteiger partial charge is 0.289 e. The molecule has 0 saturated carbocycles. The highest BCUT2D eigenvalue weighted by molar-refractivity contribution is 7.90. The molecule has 0 aliphatic heterocycles. The second-order valence-electron chi connectivity index (χ2n) is 3.64. The topological polar surface area (TPSA) is 51.2 Å². The van der Waals surface area contributed by atoms with Crippen molar-refractivity contribution in [3.05, 3.63) is 28.3 Å². The van der Waals surface area contributed by atoms with Crippen LogP contribution in [0.25, 0.3) is 0 Å². The molecule has 0 amide bonds. The Balaban J connectivity index is 3.68. The molecule has 0 aromatic heterocycles. The van der Waals surface area contributed by atoms with Gasteiger partial charge in [-0.25, -0.2) is 8.42 Å². The molecule has 0 fully saturated rings.